The summed E-state index contributed by atoms with van der Waals surface area (Å²) in [4.78, 5) is 4.31. The van der Waals surface area contributed by atoms with Crippen molar-refractivity contribution < 1.29 is 18.6 Å². The SMILES string of the molecule is CC1CCCN=C1c1cc(F)c(OC/C=C\CO)c(Cl)c1F. The Morgan fingerprint density at radius 3 is 2.91 bits per heavy atom. The molecule has 1 aromatic rings. The summed E-state index contributed by atoms with van der Waals surface area (Å²) in [5.74, 6) is -1.69. The first kappa shape index (κ1) is 16.9. The second kappa shape index (κ2) is 7.70. The minimum Gasteiger partial charge on any atom is -0.485 e. The highest BCUT2D eigenvalue weighted by atomic mass is 35.5. The van der Waals surface area contributed by atoms with Crippen LogP contribution in [0.2, 0.25) is 5.02 Å². The van der Waals surface area contributed by atoms with Crippen LogP contribution in [0, 0.1) is 17.6 Å². The number of benzene rings is 1. The van der Waals surface area contributed by atoms with Gasteiger partial charge in [-0.15, -0.1) is 0 Å². The van der Waals surface area contributed by atoms with Crippen LogP contribution in [0.4, 0.5) is 8.78 Å². The lowest BCUT2D eigenvalue weighted by Crippen LogP contribution is -2.20. The van der Waals surface area contributed by atoms with Crippen molar-refractivity contribution in [3.8, 4) is 5.75 Å². The zero-order valence-electron chi connectivity index (χ0n) is 12.3. The van der Waals surface area contributed by atoms with Crippen LogP contribution in [0.1, 0.15) is 25.3 Å². The average molecular weight is 330 g/mol. The molecule has 6 heteroatoms. The zero-order chi connectivity index (χ0) is 16.1. The molecule has 1 atom stereocenters. The van der Waals surface area contributed by atoms with Crippen LogP contribution >= 0.6 is 11.6 Å². The third-order valence-electron chi connectivity index (χ3n) is 3.53. The summed E-state index contributed by atoms with van der Waals surface area (Å²) in [5.41, 5.74) is 0.657. The first-order valence-corrected chi connectivity index (χ1v) is 7.55. The van der Waals surface area contributed by atoms with E-state index in [1.54, 1.807) is 0 Å². The standard InChI is InChI=1S/C16H18ClF2NO2/c1-10-5-4-6-20-15(10)11-9-12(18)16(13(17)14(11)19)22-8-3-2-7-21/h2-3,9-10,21H,4-8H2,1H3/b3-2-. The van der Waals surface area contributed by atoms with Crippen molar-refractivity contribution in [2.45, 2.75) is 19.8 Å². The van der Waals surface area contributed by atoms with Gasteiger partial charge in [-0.25, -0.2) is 8.78 Å². The molecule has 3 nitrogen and oxygen atoms in total. The second-order valence-electron chi connectivity index (χ2n) is 5.14. The maximum absolute atomic E-state index is 14.5. The molecule has 1 N–H and O–H groups in total. The summed E-state index contributed by atoms with van der Waals surface area (Å²) in [6.45, 7) is 2.40. The van der Waals surface area contributed by atoms with E-state index in [0.29, 0.717) is 12.3 Å². The van der Waals surface area contributed by atoms with E-state index in [9.17, 15) is 8.78 Å². The van der Waals surface area contributed by atoms with Gasteiger partial charge in [0.1, 0.15) is 11.6 Å². The molecule has 0 saturated heterocycles. The molecule has 1 heterocycles. The molecule has 1 aromatic carbocycles. The molecule has 0 fully saturated rings. The van der Waals surface area contributed by atoms with E-state index < -0.39 is 11.6 Å². The van der Waals surface area contributed by atoms with Crippen LogP contribution in [0.15, 0.2) is 23.2 Å². The largest absolute Gasteiger partial charge is 0.485 e. The Hall–Kier alpha value is -1.46. The molecule has 1 aliphatic rings. The van der Waals surface area contributed by atoms with Gasteiger partial charge in [0, 0.05) is 17.8 Å². The summed E-state index contributed by atoms with van der Waals surface area (Å²) < 4.78 is 33.8. The molecule has 0 aliphatic carbocycles. The van der Waals surface area contributed by atoms with Gasteiger partial charge in [-0.2, -0.15) is 0 Å². The summed E-state index contributed by atoms with van der Waals surface area (Å²) in [6, 6.07) is 1.09. The lowest BCUT2D eigenvalue weighted by atomic mass is 9.91. The second-order valence-corrected chi connectivity index (χ2v) is 5.52. The number of hydrogen-bond donors (Lipinski definition) is 1. The fourth-order valence-corrected chi connectivity index (χ4v) is 2.66. The van der Waals surface area contributed by atoms with Crippen LogP contribution in [0.5, 0.6) is 5.75 Å². The maximum atomic E-state index is 14.5. The molecule has 0 bridgehead atoms. The number of hydrogen-bond acceptors (Lipinski definition) is 3. The van der Waals surface area contributed by atoms with Gasteiger partial charge >= 0.3 is 0 Å². The van der Waals surface area contributed by atoms with Gasteiger partial charge in [-0.05, 0) is 30.9 Å². The molecule has 0 amide bonds. The fraction of sp³-hybridized carbons (Fsp3) is 0.438. The number of aliphatic hydroxyl groups is 1. The summed E-state index contributed by atoms with van der Waals surface area (Å²) in [6.07, 6.45) is 4.77. The summed E-state index contributed by atoms with van der Waals surface area (Å²) in [5, 5.41) is 8.22. The number of halogens is 3. The van der Waals surface area contributed by atoms with E-state index >= 15 is 0 Å². The molecule has 0 radical (unpaired) electrons. The van der Waals surface area contributed by atoms with E-state index in [4.69, 9.17) is 21.4 Å². The predicted octanol–water partition coefficient (Wildman–Crippen LogP) is 3.76. The van der Waals surface area contributed by atoms with Crippen LogP contribution in [-0.2, 0) is 0 Å². The first-order valence-electron chi connectivity index (χ1n) is 7.17. The van der Waals surface area contributed by atoms with Gasteiger partial charge in [-0.1, -0.05) is 24.6 Å². The molecular formula is C16H18ClF2NO2. The quantitative estimate of drug-likeness (QED) is 0.660. The van der Waals surface area contributed by atoms with Gasteiger partial charge in [0.05, 0.1) is 6.61 Å². The molecule has 1 unspecified atom stereocenters. The van der Waals surface area contributed by atoms with Gasteiger partial charge in [0.15, 0.2) is 17.4 Å². The van der Waals surface area contributed by atoms with Crippen LogP contribution in [0.3, 0.4) is 0 Å². The monoisotopic (exact) mass is 329 g/mol. The van der Waals surface area contributed by atoms with Gasteiger partial charge in [-0.3, -0.25) is 4.99 Å². The molecule has 1 aliphatic heterocycles. The summed E-state index contributed by atoms with van der Waals surface area (Å²) in [7, 11) is 0. The highest BCUT2D eigenvalue weighted by molar-refractivity contribution is 6.32. The number of aliphatic hydroxyl groups excluding tert-OH is 1. The van der Waals surface area contributed by atoms with Crippen molar-refractivity contribution in [3.63, 3.8) is 0 Å². The lowest BCUT2D eigenvalue weighted by Gasteiger charge is -2.21. The number of rotatable bonds is 5. The Balaban J connectivity index is 2.32. The number of aliphatic imine (C=N–C) groups is 1. The third-order valence-corrected chi connectivity index (χ3v) is 3.87. The maximum Gasteiger partial charge on any atom is 0.177 e. The first-order chi connectivity index (χ1) is 10.6. The highest BCUT2D eigenvalue weighted by Gasteiger charge is 2.25. The van der Waals surface area contributed by atoms with Crippen molar-refractivity contribution >= 4 is 17.3 Å². The molecule has 0 spiro atoms. The van der Waals surface area contributed by atoms with Crippen LogP contribution in [0.25, 0.3) is 0 Å². The zero-order valence-corrected chi connectivity index (χ0v) is 13.0. The minimum atomic E-state index is -0.723. The van der Waals surface area contributed by atoms with Crippen molar-refractivity contribution in [1.82, 2.24) is 0 Å². The molecule has 120 valence electrons. The molecule has 0 saturated carbocycles. The molecule has 2 rings (SSSR count). The fourth-order valence-electron chi connectivity index (χ4n) is 2.41. The van der Waals surface area contributed by atoms with E-state index in [2.05, 4.69) is 4.99 Å². The van der Waals surface area contributed by atoms with E-state index in [-0.39, 0.29) is 35.5 Å². The topological polar surface area (TPSA) is 41.8 Å². The van der Waals surface area contributed by atoms with Crippen molar-refractivity contribution in [3.05, 3.63) is 40.4 Å². The lowest BCUT2D eigenvalue weighted by molar-refractivity contribution is 0.328. The Kier molecular flexibility index (Phi) is 5.91. The number of ether oxygens (including phenoxy) is 1. The van der Waals surface area contributed by atoms with Crippen molar-refractivity contribution in [1.29, 1.82) is 0 Å². The van der Waals surface area contributed by atoms with Gasteiger partial charge in [0.2, 0.25) is 0 Å². The van der Waals surface area contributed by atoms with E-state index in [1.165, 1.54) is 12.2 Å². The third kappa shape index (κ3) is 3.65. The Morgan fingerprint density at radius 1 is 1.45 bits per heavy atom. The van der Waals surface area contributed by atoms with E-state index in [1.807, 2.05) is 6.92 Å². The van der Waals surface area contributed by atoms with Gasteiger partial charge in [0.25, 0.3) is 0 Å². The predicted molar refractivity (Wildman–Crippen MR) is 82.9 cm³/mol. The van der Waals surface area contributed by atoms with Crippen molar-refractivity contribution in [2.24, 2.45) is 10.9 Å². The Labute approximate surface area is 133 Å². The normalized spacial score (nSPS) is 18.6. The minimum absolute atomic E-state index is 0.00661. The average Bonchev–Trinajstić information content (AvgIpc) is 2.51. The smallest absolute Gasteiger partial charge is 0.177 e. The Bertz CT molecular complexity index is 602. The number of nitrogens with zero attached hydrogens (tertiary/aromatic N) is 1. The molecule has 0 aromatic heterocycles. The van der Waals surface area contributed by atoms with E-state index in [0.717, 1.165) is 18.9 Å². The summed E-state index contributed by atoms with van der Waals surface area (Å²) >= 11 is 5.91. The van der Waals surface area contributed by atoms with Crippen molar-refractivity contribution in [2.75, 3.05) is 19.8 Å². The molecular weight excluding hydrogens is 312 g/mol. The molecule has 22 heavy (non-hydrogen) atoms. The highest BCUT2D eigenvalue weighted by Crippen LogP contribution is 2.34. The van der Waals surface area contributed by atoms with Crippen LogP contribution < -0.4 is 4.74 Å². The van der Waals surface area contributed by atoms with Crippen LogP contribution in [-0.4, -0.2) is 30.6 Å². The van der Waals surface area contributed by atoms with Gasteiger partial charge < -0.3 is 9.84 Å². The Morgan fingerprint density at radius 2 is 2.23 bits per heavy atom.